The number of alkyl halides is 2. The minimum atomic E-state index is -3.37. The second-order valence-corrected chi connectivity index (χ2v) is 3.56. The normalized spacial score (nSPS) is 11.3. The zero-order valence-electron chi connectivity index (χ0n) is 9.11. The Morgan fingerprint density at radius 2 is 2.24 bits per heavy atom. The first-order valence-corrected chi connectivity index (χ1v) is 4.79. The van der Waals surface area contributed by atoms with Crippen LogP contribution in [0.25, 0.3) is 0 Å². The summed E-state index contributed by atoms with van der Waals surface area (Å²) in [6.07, 6.45) is 1.36. The molecule has 5 nitrogen and oxygen atoms in total. The lowest BCUT2D eigenvalue weighted by Gasteiger charge is -2.13. The smallest absolute Gasteiger partial charge is 0.287 e. The monoisotopic (exact) mass is 246 g/mol. The van der Waals surface area contributed by atoms with E-state index < -0.39 is 30.5 Å². The highest BCUT2D eigenvalue weighted by atomic mass is 19.3. The van der Waals surface area contributed by atoms with Crippen molar-refractivity contribution in [1.82, 2.24) is 9.88 Å². The molecule has 0 aliphatic carbocycles. The summed E-state index contributed by atoms with van der Waals surface area (Å²) in [7, 11) is 1.50. The molecule has 0 aliphatic heterocycles. The van der Waals surface area contributed by atoms with Gasteiger partial charge in [0.25, 0.3) is 17.4 Å². The van der Waals surface area contributed by atoms with E-state index in [1.165, 1.54) is 23.9 Å². The van der Waals surface area contributed by atoms with Crippen LogP contribution >= 0.6 is 0 Å². The second-order valence-electron chi connectivity index (χ2n) is 3.56. The molecule has 1 aromatic rings. The van der Waals surface area contributed by atoms with Crippen molar-refractivity contribution in [3.63, 3.8) is 0 Å². The van der Waals surface area contributed by atoms with Gasteiger partial charge in [0, 0.05) is 24.9 Å². The van der Waals surface area contributed by atoms with Gasteiger partial charge in [0.2, 0.25) is 0 Å². The number of amides is 1. The molecular formula is C10H12F2N2O3. The molecule has 0 radical (unpaired) electrons. The Labute approximate surface area is 95.7 Å². The summed E-state index contributed by atoms with van der Waals surface area (Å²) < 4.78 is 26.5. The highest BCUT2D eigenvalue weighted by molar-refractivity contribution is 5.93. The van der Waals surface area contributed by atoms with E-state index in [4.69, 9.17) is 5.11 Å². The summed E-state index contributed by atoms with van der Waals surface area (Å²) in [6, 6.07) is 2.39. The number of rotatable bonds is 4. The van der Waals surface area contributed by atoms with Crippen molar-refractivity contribution >= 4 is 5.91 Å². The lowest BCUT2D eigenvalue weighted by Crippen LogP contribution is -2.39. The van der Waals surface area contributed by atoms with E-state index in [1.807, 2.05) is 5.32 Å². The third-order valence-electron chi connectivity index (χ3n) is 2.11. The zero-order valence-corrected chi connectivity index (χ0v) is 9.11. The Balaban J connectivity index is 2.71. The summed E-state index contributed by atoms with van der Waals surface area (Å²) >= 11 is 0. The molecule has 0 bridgehead atoms. The molecule has 1 amide bonds. The van der Waals surface area contributed by atoms with E-state index in [0.29, 0.717) is 0 Å². The quantitative estimate of drug-likeness (QED) is 0.769. The first-order chi connectivity index (χ1) is 7.85. The van der Waals surface area contributed by atoms with E-state index in [0.717, 1.165) is 6.07 Å². The molecule has 0 atom stereocenters. The Bertz CT molecular complexity index is 471. The van der Waals surface area contributed by atoms with Crippen LogP contribution in [0, 0.1) is 0 Å². The molecule has 7 heteroatoms. The standard InChI is InChI=1S/C10H12F2N2O3/c1-14-3-2-7(4-8(14)16)9(17)13-5-10(11,12)6-15/h2-4,15H,5-6H2,1H3,(H,13,17). The van der Waals surface area contributed by atoms with Crippen molar-refractivity contribution in [2.75, 3.05) is 13.2 Å². The average molecular weight is 246 g/mol. The second kappa shape index (κ2) is 5.05. The van der Waals surface area contributed by atoms with Crippen molar-refractivity contribution in [3.8, 4) is 0 Å². The maximum Gasteiger partial charge on any atom is 0.287 e. The predicted octanol–water partition coefficient (Wildman–Crippen LogP) is -0.257. The van der Waals surface area contributed by atoms with Crippen LogP contribution in [-0.2, 0) is 7.05 Å². The highest BCUT2D eigenvalue weighted by Gasteiger charge is 2.28. The van der Waals surface area contributed by atoms with Crippen molar-refractivity contribution in [3.05, 3.63) is 34.2 Å². The fourth-order valence-corrected chi connectivity index (χ4v) is 1.06. The number of carbonyl (C=O) groups is 1. The van der Waals surface area contributed by atoms with Gasteiger partial charge >= 0.3 is 0 Å². The third kappa shape index (κ3) is 3.63. The molecule has 0 saturated carbocycles. The molecule has 1 rings (SSSR count). The van der Waals surface area contributed by atoms with Crippen LogP contribution in [0.15, 0.2) is 23.1 Å². The summed E-state index contributed by atoms with van der Waals surface area (Å²) in [5.74, 6) is -4.15. The third-order valence-corrected chi connectivity index (χ3v) is 2.11. The minimum absolute atomic E-state index is 0.00170. The van der Waals surface area contributed by atoms with E-state index in [1.54, 1.807) is 0 Å². The summed E-state index contributed by atoms with van der Waals surface area (Å²) in [5.41, 5.74) is -0.409. The number of halogens is 2. The van der Waals surface area contributed by atoms with Crippen molar-refractivity contribution in [2.24, 2.45) is 7.05 Å². The number of aromatic nitrogens is 1. The molecule has 0 unspecified atom stereocenters. The Morgan fingerprint density at radius 1 is 1.59 bits per heavy atom. The number of pyridine rings is 1. The molecule has 0 fully saturated rings. The van der Waals surface area contributed by atoms with Gasteiger partial charge in [0.05, 0.1) is 6.54 Å². The number of hydrogen-bond donors (Lipinski definition) is 2. The van der Waals surface area contributed by atoms with Gasteiger partial charge in [-0.2, -0.15) is 0 Å². The summed E-state index contributed by atoms with van der Waals surface area (Å²) in [5, 5.41) is 10.2. The Kier molecular flexibility index (Phi) is 3.95. The number of hydrogen-bond acceptors (Lipinski definition) is 3. The molecule has 0 spiro atoms. The fraction of sp³-hybridized carbons (Fsp3) is 0.400. The highest BCUT2D eigenvalue weighted by Crippen LogP contribution is 2.10. The van der Waals surface area contributed by atoms with Gasteiger partial charge in [0.1, 0.15) is 6.61 Å². The van der Waals surface area contributed by atoms with Gasteiger partial charge in [-0.25, -0.2) is 8.78 Å². The van der Waals surface area contributed by atoms with Crippen LogP contribution in [0.3, 0.4) is 0 Å². The number of carbonyl (C=O) groups excluding carboxylic acids is 1. The lowest BCUT2D eigenvalue weighted by atomic mass is 10.2. The first-order valence-electron chi connectivity index (χ1n) is 4.79. The van der Waals surface area contributed by atoms with E-state index in [-0.39, 0.29) is 5.56 Å². The number of aliphatic hydroxyl groups excluding tert-OH is 1. The molecule has 0 aromatic carbocycles. The topological polar surface area (TPSA) is 71.3 Å². The SMILES string of the molecule is Cn1ccc(C(=O)NCC(F)(F)CO)cc1=O. The van der Waals surface area contributed by atoms with Crippen LogP contribution < -0.4 is 10.9 Å². The molecule has 0 saturated heterocycles. The molecular weight excluding hydrogens is 234 g/mol. The Morgan fingerprint density at radius 3 is 2.76 bits per heavy atom. The van der Waals surface area contributed by atoms with E-state index in [2.05, 4.69) is 0 Å². The fourth-order valence-electron chi connectivity index (χ4n) is 1.06. The minimum Gasteiger partial charge on any atom is -0.390 e. The molecule has 1 heterocycles. The van der Waals surface area contributed by atoms with E-state index in [9.17, 15) is 18.4 Å². The largest absolute Gasteiger partial charge is 0.390 e. The van der Waals surface area contributed by atoms with Gasteiger partial charge in [-0.3, -0.25) is 9.59 Å². The van der Waals surface area contributed by atoms with Crippen LogP contribution in [0.5, 0.6) is 0 Å². The molecule has 17 heavy (non-hydrogen) atoms. The molecule has 0 aliphatic rings. The average Bonchev–Trinajstić information content (AvgIpc) is 2.30. The maximum absolute atomic E-state index is 12.6. The van der Waals surface area contributed by atoms with Crippen molar-refractivity contribution in [2.45, 2.75) is 5.92 Å². The van der Waals surface area contributed by atoms with Crippen molar-refractivity contribution in [1.29, 1.82) is 0 Å². The van der Waals surface area contributed by atoms with Crippen LogP contribution in [-0.4, -0.2) is 34.7 Å². The number of nitrogens with one attached hydrogen (secondary N) is 1. The molecule has 1 aromatic heterocycles. The number of nitrogens with zero attached hydrogens (tertiary/aromatic N) is 1. The van der Waals surface area contributed by atoms with Crippen LogP contribution in [0.1, 0.15) is 10.4 Å². The van der Waals surface area contributed by atoms with Crippen molar-refractivity contribution < 1.29 is 18.7 Å². The zero-order chi connectivity index (χ0) is 13.1. The maximum atomic E-state index is 12.6. The first kappa shape index (κ1) is 13.3. The lowest BCUT2D eigenvalue weighted by molar-refractivity contribution is -0.0462. The van der Waals surface area contributed by atoms with Gasteiger partial charge in [0.15, 0.2) is 0 Å². The number of aryl methyl sites for hydroxylation is 1. The van der Waals surface area contributed by atoms with E-state index >= 15 is 0 Å². The summed E-state index contributed by atoms with van der Waals surface area (Å²) in [4.78, 5) is 22.6. The Hall–Kier alpha value is -1.76. The molecule has 94 valence electrons. The van der Waals surface area contributed by atoms with Gasteiger partial charge in [-0.15, -0.1) is 0 Å². The predicted molar refractivity (Wildman–Crippen MR) is 56.0 cm³/mol. The van der Waals surface area contributed by atoms with Gasteiger partial charge < -0.3 is 15.0 Å². The van der Waals surface area contributed by atoms with Crippen LogP contribution in [0.4, 0.5) is 8.78 Å². The number of aliphatic hydroxyl groups is 1. The summed E-state index contributed by atoms with van der Waals surface area (Å²) in [6.45, 7) is -2.32. The van der Waals surface area contributed by atoms with Crippen LogP contribution in [0.2, 0.25) is 0 Å². The van der Waals surface area contributed by atoms with Gasteiger partial charge in [-0.1, -0.05) is 0 Å². The molecule has 2 N–H and O–H groups in total. The van der Waals surface area contributed by atoms with Gasteiger partial charge in [-0.05, 0) is 6.07 Å².